The number of hydrogen-bond acceptors (Lipinski definition) is 3. The van der Waals surface area contributed by atoms with Crippen molar-refractivity contribution in [3.05, 3.63) is 101 Å². The van der Waals surface area contributed by atoms with E-state index in [4.69, 9.17) is 5.11 Å². The van der Waals surface area contributed by atoms with Gasteiger partial charge in [0.15, 0.2) is 0 Å². The van der Waals surface area contributed by atoms with E-state index in [9.17, 15) is 9.90 Å². The van der Waals surface area contributed by atoms with Crippen molar-refractivity contribution < 1.29 is 15.0 Å². The van der Waals surface area contributed by atoms with E-state index in [-0.39, 0.29) is 6.61 Å². The largest absolute Gasteiger partial charge is 0.478 e. The number of rotatable bonds is 9. The lowest BCUT2D eigenvalue weighted by molar-refractivity contribution is -0.131. The highest BCUT2D eigenvalue weighted by Gasteiger charge is 2.04. The third-order valence-electron chi connectivity index (χ3n) is 4.64. The van der Waals surface area contributed by atoms with Gasteiger partial charge in [-0.3, -0.25) is 0 Å². The molecule has 0 spiro atoms. The number of carbonyl (C=O) groups is 1. The Morgan fingerprint density at radius 2 is 1.62 bits per heavy atom. The minimum atomic E-state index is -0.972. The van der Waals surface area contributed by atoms with Crippen LogP contribution >= 0.6 is 0 Å². The Morgan fingerprint density at radius 1 is 0.862 bits per heavy atom. The monoisotopic (exact) mass is 387 g/mol. The predicted molar refractivity (Wildman–Crippen MR) is 116 cm³/mol. The number of aliphatic hydroxyl groups excluding tert-OH is 1. The molecule has 0 amide bonds. The first-order chi connectivity index (χ1) is 14.1. The van der Waals surface area contributed by atoms with Crippen LogP contribution in [0.1, 0.15) is 22.3 Å². The van der Waals surface area contributed by atoms with Gasteiger partial charge in [0.2, 0.25) is 0 Å². The van der Waals surface area contributed by atoms with E-state index in [1.54, 1.807) is 6.08 Å². The standard InChI is InChI=1S/C25H25NO3/c27-18-21-7-4-8-23(15-21)24-14-20(9-10-25(28)29)13-22(16-24)17-26-12-11-19-5-2-1-3-6-19/h1-10,13-16,26-27H,11-12,17-18H2,(H,28,29)/b10-9+. The van der Waals surface area contributed by atoms with Crippen LogP contribution in [0.2, 0.25) is 0 Å². The molecule has 0 unspecified atom stereocenters. The van der Waals surface area contributed by atoms with Gasteiger partial charge in [0.1, 0.15) is 0 Å². The molecular weight excluding hydrogens is 362 g/mol. The minimum Gasteiger partial charge on any atom is -0.478 e. The van der Waals surface area contributed by atoms with E-state index in [0.29, 0.717) is 6.54 Å². The van der Waals surface area contributed by atoms with Gasteiger partial charge in [-0.15, -0.1) is 0 Å². The van der Waals surface area contributed by atoms with Crippen molar-refractivity contribution in [2.24, 2.45) is 0 Å². The first-order valence-corrected chi connectivity index (χ1v) is 9.64. The quantitative estimate of drug-likeness (QED) is 0.379. The zero-order chi connectivity index (χ0) is 20.5. The van der Waals surface area contributed by atoms with Crippen LogP contribution in [0.25, 0.3) is 17.2 Å². The summed E-state index contributed by atoms with van der Waals surface area (Å²) in [6.07, 6.45) is 3.70. The lowest BCUT2D eigenvalue weighted by atomic mass is 9.98. The second-order valence-electron chi connectivity index (χ2n) is 6.91. The van der Waals surface area contributed by atoms with Crippen molar-refractivity contribution in [1.82, 2.24) is 5.32 Å². The number of aliphatic carboxylic acids is 1. The fraction of sp³-hybridized carbons (Fsp3) is 0.160. The molecule has 0 aliphatic heterocycles. The maximum absolute atomic E-state index is 10.9. The molecule has 3 aromatic carbocycles. The second-order valence-corrected chi connectivity index (χ2v) is 6.91. The van der Waals surface area contributed by atoms with Gasteiger partial charge < -0.3 is 15.5 Å². The van der Waals surface area contributed by atoms with Crippen molar-refractivity contribution in [2.45, 2.75) is 19.6 Å². The molecule has 0 heterocycles. The molecule has 4 heteroatoms. The van der Waals surface area contributed by atoms with Gasteiger partial charge in [-0.1, -0.05) is 54.6 Å². The van der Waals surface area contributed by atoms with E-state index >= 15 is 0 Å². The summed E-state index contributed by atoms with van der Waals surface area (Å²) in [5.74, 6) is -0.972. The Morgan fingerprint density at radius 3 is 2.38 bits per heavy atom. The first-order valence-electron chi connectivity index (χ1n) is 9.64. The van der Waals surface area contributed by atoms with Crippen molar-refractivity contribution in [3.8, 4) is 11.1 Å². The fourth-order valence-corrected chi connectivity index (χ4v) is 3.21. The summed E-state index contributed by atoms with van der Waals surface area (Å²) >= 11 is 0. The van der Waals surface area contributed by atoms with Crippen LogP contribution in [-0.4, -0.2) is 22.7 Å². The molecule has 0 saturated heterocycles. The van der Waals surface area contributed by atoms with E-state index in [0.717, 1.165) is 46.9 Å². The van der Waals surface area contributed by atoms with Crippen LogP contribution in [0.3, 0.4) is 0 Å². The number of nitrogens with one attached hydrogen (secondary N) is 1. The summed E-state index contributed by atoms with van der Waals surface area (Å²) in [5.41, 5.74) is 6.03. The molecule has 0 aromatic heterocycles. The summed E-state index contributed by atoms with van der Waals surface area (Å²) in [5, 5.41) is 21.8. The molecule has 3 aromatic rings. The Bertz CT molecular complexity index is 980. The highest BCUT2D eigenvalue weighted by molar-refractivity contribution is 5.85. The third-order valence-corrected chi connectivity index (χ3v) is 4.64. The number of benzene rings is 3. The van der Waals surface area contributed by atoms with E-state index in [1.165, 1.54) is 5.56 Å². The molecule has 0 radical (unpaired) electrons. The topological polar surface area (TPSA) is 69.6 Å². The van der Waals surface area contributed by atoms with Gasteiger partial charge in [0.05, 0.1) is 6.61 Å². The van der Waals surface area contributed by atoms with E-state index < -0.39 is 5.97 Å². The SMILES string of the molecule is O=C(O)/C=C/c1cc(CNCCc2ccccc2)cc(-c2cccc(CO)c2)c1. The summed E-state index contributed by atoms with van der Waals surface area (Å²) in [4.78, 5) is 10.9. The Kier molecular flexibility index (Phi) is 7.34. The normalized spacial score (nSPS) is 11.1. The summed E-state index contributed by atoms with van der Waals surface area (Å²) in [7, 11) is 0. The zero-order valence-corrected chi connectivity index (χ0v) is 16.2. The molecule has 29 heavy (non-hydrogen) atoms. The van der Waals surface area contributed by atoms with Gasteiger partial charge in [-0.25, -0.2) is 4.79 Å². The Labute approximate surface area is 171 Å². The Hall–Kier alpha value is -3.21. The van der Waals surface area contributed by atoms with Crippen LogP contribution in [0.4, 0.5) is 0 Å². The van der Waals surface area contributed by atoms with Gasteiger partial charge in [0.25, 0.3) is 0 Å². The van der Waals surface area contributed by atoms with Gasteiger partial charge in [-0.05, 0) is 70.6 Å². The predicted octanol–water partition coefficient (Wildman–Crippen LogP) is 4.28. The lowest BCUT2D eigenvalue weighted by Gasteiger charge is -2.11. The van der Waals surface area contributed by atoms with Crippen LogP contribution in [0, 0.1) is 0 Å². The number of carboxylic acid groups (broad SMARTS) is 1. The molecule has 0 aliphatic carbocycles. The molecule has 4 nitrogen and oxygen atoms in total. The van der Waals surface area contributed by atoms with Gasteiger partial charge in [0, 0.05) is 12.6 Å². The second kappa shape index (κ2) is 10.4. The average Bonchev–Trinajstić information content (AvgIpc) is 2.76. The van der Waals surface area contributed by atoms with Crippen molar-refractivity contribution >= 4 is 12.0 Å². The number of carboxylic acids is 1. The number of aliphatic hydroxyl groups is 1. The maximum Gasteiger partial charge on any atom is 0.328 e. The highest BCUT2D eigenvalue weighted by Crippen LogP contribution is 2.24. The van der Waals surface area contributed by atoms with Crippen molar-refractivity contribution in [2.75, 3.05) is 6.54 Å². The minimum absolute atomic E-state index is 0.0135. The summed E-state index contributed by atoms with van der Waals surface area (Å²) < 4.78 is 0. The maximum atomic E-state index is 10.9. The number of hydrogen-bond donors (Lipinski definition) is 3. The van der Waals surface area contributed by atoms with Crippen LogP contribution < -0.4 is 5.32 Å². The zero-order valence-electron chi connectivity index (χ0n) is 16.2. The van der Waals surface area contributed by atoms with Gasteiger partial charge >= 0.3 is 5.97 Å². The molecule has 0 bridgehead atoms. The molecule has 3 N–H and O–H groups in total. The fourth-order valence-electron chi connectivity index (χ4n) is 3.21. The average molecular weight is 387 g/mol. The smallest absolute Gasteiger partial charge is 0.328 e. The van der Waals surface area contributed by atoms with Crippen molar-refractivity contribution in [3.63, 3.8) is 0 Å². The van der Waals surface area contributed by atoms with Crippen LogP contribution in [0.5, 0.6) is 0 Å². The lowest BCUT2D eigenvalue weighted by Crippen LogP contribution is -2.16. The third kappa shape index (κ3) is 6.42. The summed E-state index contributed by atoms with van der Waals surface area (Å²) in [6.45, 7) is 1.53. The molecule has 3 rings (SSSR count). The highest BCUT2D eigenvalue weighted by atomic mass is 16.4. The molecule has 0 aliphatic rings. The van der Waals surface area contributed by atoms with Gasteiger partial charge in [-0.2, -0.15) is 0 Å². The Balaban J connectivity index is 1.77. The molecule has 0 fully saturated rings. The molecular formula is C25H25NO3. The van der Waals surface area contributed by atoms with E-state index in [1.807, 2.05) is 54.6 Å². The van der Waals surface area contributed by atoms with Crippen LogP contribution in [0.15, 0.2) is 78.9 Å². The van der Waals surface area contributed by atoms with Crippen LogP contribution in [-0.2, 0) is 24.4 Å². The molecule has 0 atom stereocenters. The summed E-state index contributed by atoms with van der Waals surface area (Å²) in [6, 6.07) is 24.1. The van der Waals surface area contributed by atoms with Crippen molar-refractivity contribution in [1.29, 1.82) is 0 Å². The van der Waals surface area contributed by atoms with E-state index in [2.05, 4.69) is 23.5 Å². The molecule has 148 valence electrons. The molecule has 0 saturated carbocycles. The first kappa shape index (κ1) is 20.5.